The van der Waals surface area contributed by atoms with E-state index in [1.165, 1.54) is 0 Å². The maximum absolute atomic E-state index is 12.5. The first-order chi connectivity index (χ1) is 9.72. The van der Waals surface area contributed by atoms with Gasteiger partial charge in [-0.25, -0.2) is 13.1 Å². The Morgan fingerprint density at radius 3 is 2.29 bits per heavy atom. The summed E-state index contributed by atoms with van der Waals surface area (Å²) < 4.78 is 29.2. The Morgan fingerprint density at radius 2 is 1.86 bits per heavy atom. The highest BCUT2D eigenvalue weighted by atomic mass is 32.2. The Bertz CT molecular complexity index is 643. The van der Waals surface area contributed by atoms with Crippen molar-refractivity contribution in [1.29, 1.82) is 0 Å². The van der Waals surface area contributed by atoms with Crippen molar-refractivity contribution < 1.29 is 18.3 Å². The van der Waals surface area contributed by atoms with E-state index in [1.54, 1.807) is 25.6 Å². The lowest BCUT2D eigenvalue weighted by atomic mass is 9.87. The van der Waals surface area contributed by atoms with Crippen molar-refractivity contribution in [2.45, 2.75) is 50.5 Å². The number of carbonyl (C=O) groups is 1. The van der Waals surface area contributed by atoms with Gasteiger partial charge in [0.05, 0.1) is 17.3 Å². The third-order valence-corrected chi connectivity index (χ3v) is 5.88. The van der Waals surface area contributed by atoms with Gasteiger partial charge in [0.1, 0.15) is 4.90 Å². The van der Waals surface area contributed by atoms with Gasteiger partial charge in [-0.3, -0.25) is 9.48 Å². The second-order valence-electron chi connectivity index (χ2n) is 5.63. The van der Waals surface area contributed by atoms with Crippen molar-refractivity contribution in [3.63, 3.8) is 0 Å². The van der Waals surface area contributed by atoms with Gasteiger partial charge in [-0.2, -0.15) is 5.10 Å². The molecule has 0 unspecified atom stereocenters. The van der Waals surface area contributed by atoms with Gasteiger partial charge < -0.3 is 5.11 Å². The van der Waals surface area contributed by atoms with Crippen LogP contribution in [0.25, 0.3) is 0 Å². The molecule has 7 nitrogen and oxygen atoms in total. The number of rotatable bonds is 4. The monoisotopic (exact) mass is 315 g/mol. The topological polar surface area (TPSA) is 101 Å². The Hall–Kier alpha value is -1.41. The number of nitrogens with zero attached hydrogens (tertiary/aromatic N) is 2. The molecule has 1 heterocycles. The summed E-state index contributed by atoms with van der Waals surface area (Å²) in [4.78, 5) is 11.1. The molecule has 1 saturated carbocycles. The summed E-state index contributed by atoms with van der Waals surface area (Å²) in [6, 6.07) is -0.204. The molecule has 0 saturated heterocycles. The molecule has 1 aliphatic carbocycles. The minimum Gasteiger partial charge on any atom is -0.481 e. The van der Waals surface area contributed by atoms with Gasteiger partial charge in [0.15, 0.2) is 0 Å². The summed E-state index contributed by atoms with van der Waals surface area (Å²) in [7, 11) is -1.91. The molecule has 0 atom stereocenters. The molecule has 0 aromatic carbocycles. The number of aromatic nitrogens is 2. The minimum atomic E-state index is -3.62. The molecule has 0 radical (unpaired) electrons. The predicted molar refractivity (Wildman–Crippen MR) is 76.4 cm³/mol. The number of carboxylic acids is 1. The number of hydrogen-bond acceptors (Lipinski definition) is 4. The van der Waals surface area contributed by atoms with Gasteiger partial charge in [0.25, 0.3) is 0 Å². The summed E-state index contributed by atoms with van der Waals surface area (Å²) in [6.07, 6.45) is 2.12. The quantitative estimate of drug-likeness (QED) is 0.861. The van der Waals surface area contributed by atoms with E-state index in [9.17, 15) is 13.2 Å². The zero-order chi connectivity index (χ0) is 15.8. The second kappa shape index (κ2) is 5.76. The molecule has 2 rings (SSSR count). The molecule has 0 amide bonds. The average Bonchev–Trinajstić information content (AvgIpc) is 2.63. The van der Waals surface area contributed by atoms with Crippen LogP contribution in [-0.2, 0) is 21.9 Å². The number of aliphatic carboxylic acids is 1. The minimum absolute atomic E-state index is 0.204. The summed E-state index contributed by atoms with van der Waals surface area (Å²) in [5.41, 5.74) is 1.07. The van der Waals surface area contributed by atoms with Gasteiger partial charge in [0.2, 0.25) is 10.0 Å². The Morgan fingerprint density at radius 1 is 1.29 bits per heavy atom. The van der Waals surface area contributed by atoms with Crippen molar-refractivity contribution >= 4 is 16.0 Å². The molecule has 0 bridgehead atoms. The number of nitrogens with one attached hydrogen (secondary N) is 1. The van der Waals surface area contributed by atoms with Crippen LogP contribution in [0.1, 0.15) is 37.1 Å². The first kappa shape index (κ1) is 16.0. The molecule has 0 spiro atoms. The van der Waals surface area contributed by atoms with Crippen LogP contribution in [0.15, 0.2) is 4.90 Å². The first-order valence-electron chi connectivity index (χ1n) is 6.97. The van der Waals surface area contributed by atoms with E-state index < -0.39 is 16.0 Å². The molecule has 8 heteroatoms. The van der Waals surface area contributed by atoms with E-state index in [1.807, 2.05) is 0 Å². The normalized spacial score (nSPS) is 23.2. The van der Waals surface area contributed by atoms with Crippen LogP contribution >= 0.6 is 0 Å². The fourth-order valence-corrected chi connectivity index (χ4v) is 4.62. The Kier molecular flexibility index (Phi) is 4.38. The van der Waals surface area contributed by atoms with Crippen LogP contribution < -0.4 is 4.72 Å². The van der Waals surface area contributed by atoms with E-state index in [0.717, 1.165) is 0 Å². The summed E-state index contributed by atoms with van der Waals surface area (Å²) in [5.74, 6) is -1.15. The summed E-state index contributed by atoms with van der Waals surface area (Å²) in [6.45, 7) is 3.39. The van der Waals surface area contributed by atoms with Crippen LogP contribution in [0.4, 0.5) is 0 Å². The van der Waals surface area contributed by atoms with Crippen molar-refractivity contribution in [1.82, 2.24) is 14.5 Å². The van der Waals surface area contributed by atoms with Gasteiger partial charge in [-0.1, -0.05) is 0 Å². The third-order valence-electron chi connectivity index (χ3n) is 4.11. The lowest BCUT2D eigenvalue weighted by molar-refractivity contribution is -0.142. The molecule has 1 fully saturated rings. The van der Waals surface area contributed by atoms with Gasteiger partial charge in [-0.05, 0) is 39.5 Å². The fraction of sp³-hybridized carbons (Fsp3) is 0.692. The molecule has 118 valence electrons. The highest BCUT2D eigenvalue weighted by Crippen LogP contribution is 2.26. The Labute approximate surface area is 124 Å². The Balaban J connectivity index is 2.11. The first-order valence-corrected chi connectivity index (χ1v) is 8.46. The van der Waals surface area contributed by atoms with E-state index in [-0.39, 0.29) is 16.9 Å². The standard InChI is InChI=1S/C13H21N3O4S/c1-8-12(9(2)16(3)14-8)21(19,20)15-11-6-4-10(5-7-11)13(17)18/h10-11,15H,4-7H2,1-3H3,(H,17,18). The lowest BCUT2D eigenvalue weighted by Crippen LogP contribution is -2.39. The van der Waals surface area contributed by atoms with Crippen molar-refractivity contribution in [2.75, 3.05) is 0 Å². The van der Waals surface area contributed by atoms with Crippen molar-refractivity contribution in [2.24, 2.45) is 13.0 Å². The fourth-order valence-electron chi connectivity index (χ4n) is 2.88. The average molecular weight is 315 g/mol. The smallest absolute Gasteiger partial charge is 0.306 e. The number of aryl methyl sites for hydroxylation is 2. The van der Waals surface area contributed by atoms with Crippen LogP contribution in [-0.4, -0.2) is 35.3 Å². The van der Waals surface area contributed by atoms with Crippen LogP contribution in [0.5, 0.6) is 0 Å². The SMILES string of the molecule is Cc1nn(C)c(C)c1S(=O)(=O)NC1CCC(C(=O)O)CC1. The summed E-state index contributed by atoms with van der Waals surface area (Å²) in [5, 5.41) is 13.1. The number of carboxylic acid groups (broad SMARTS) is 1. The molecule has 1 aromatic heterocycles. The van der Waals surface area contributed by atoms with Gasteiger partial charge in [-0.15, -0.1) is 0 Å². The third kappa shape index (κ3) is 3.26. The maximum atomic E-state index is 12.5. The molecule has 2 N–H and O–H groups in total. The number of hydrogen-bond donors (Lipinski definition) is 2. The molecular weight excluding hydrogens is 294 g/mol. The molecular formula is C13H21N3O4S. The lowest BCUT2D eigenvalue weighted by Gasteiger charge is -2.26. The van der Waals surface area contributed by atoms with Crippen LogP contribution in [0.3, 0.4) is 0 Å². The number of sulfonamides is 1. The van der Waals surface area contributed by atoms with Gasteiger partial charge in [0, 0.05) is 13.1 Å². The summed E-state index contributed by atoms with van der Waals surface area (Å²) >= 11 is 0. The molecule has 1 aliphatic rings. The zero-order valence-corrected chi connectivity index (χ0v) is 13.3. The largest absolute Gasteiger partial charge is 0.481 e. The van der Waals surface area contributed by atoms with Crippen molar-refractivity contribution in [3.05, 3.63) is 11.4 Å². The van der Waals surface area contributed by atoms with E-state index in [4.69, 9.17) is 5.11 Å². The highest BCUT2D eigenvalue weighted by molar-refractivity contribution is 7.89. The molecule has 0 aliphatic heterocycles. The van der Waals surface area contributed by atoms with E-state index >= 15 is 0 Å². The molecule has 21 heavy (non-hydrogen) atoms. The highest BCUT2D eigenvalue weighted by Gasteiger charge is 2.31. The van der Waals surface area contributed by atoms with Crippen LogP contribution in [0, 0.1) is 19.8 Å². The zero-order valence-electron chi connectivity index (χ0n) is 12.5. The van der Waals surface area contributed by atoms with Crippen molar-refractivity contribution in [3.8, 4) is 0 Å². The van der Waals surface area contributed by atoms with Crippen LogP contribution in [0.2, 0.25) is 0 Å². The van der Waals surface area contributed by atoms with E-state index in [2.05, 4.69) is 9.82 Å². The predicted octanol–water partition coefficient (Wildman–Crippen LogP) is 0.959. The maximum Gasteiger partial charge on any atom is 0.306 e. The molecule has 1 aromatic rings. The second-order valence-corrected chi connectivity index (χ2v) is 7.28. The van der Waals surface area contributed by atoms with Gasteiger partial charge >= 0.3 is 5.97 Å². The van der Waals surface area contributed by atoms with E-state index in [0.29, 0.717) is 37.1 Å².